The lowest BCUT2D eigenvalue weighted by Gasteiger charge is -2.35. The first-order chi connectivity index (χ1) is 10.6. The summed E-state index contributed by atoms with van der Waals surface area (Å²) in [6, 6.07) is 10.2. The van der Waals surface area contributed by atoms with Gasteiger partial charge in [-0.1, -0.05) is 37.1 Å². The van der Waals surface area contributed by atoms with Gasteiger partial charge in [-0.05, 0) is 38.5 Å². The van der Waals surface area contributed by atoms with Crippen molar-refractivity contribution in [2.24, 2.45) is 5.92 Å². The summed E-state index contributed by atoms with van der Waals surface area (Å²) < 4.78 is 11.9. The molecule has 1 heterocycles. The van der Waals surface area contributed by atoms with E-state index in [4.69, 9.17) is 15.9 Å². The van der Waals surface area contributed by atoms with E-state index >= 15 is 0 Å². The van der Waals surface area contributed by atoms with Crippen molar-refractivity contribution in [3.8, 4) is 12.3 Å². The Morgan fingerprint density at radius 2 is 2.00 bits per heavy atom. The average molecular weight is 316 g/mol. The van der Waals surface area contributed by atoms with Crippen LogP contribution < -0.4 is 0 Å². The predicted molar refractivity (Wildman–Crippen MR) is 92.7 cm³/mol. The highest BCUT2D eigenvalue weighted by molar-refractivity contribution is 8.00. The Labute approximate surface area is 138 Å². The van der Waals surface area contributed by atoms with Crippen LogP contribution in [0.25, 0.3) is 0 Å². The number of benzene rings is 1. The molecule has 3 heteroatoms. The molecule has 0 N–H and O–H groups in total. The highest BCUT2D eigenvalue weighted by Crippen LogP contribution is 2.34. The Morgan fingerprint density at radius 3 is 2.59 bits per heavy atom. The maximum absolute atomic E-state index is 6.15. The number of terminal acetylenes is 1. The Morgan fingerprint density at radius 1 is 1.27 bits per heavy atom. The minimum atomic E-state index is -0.306. The number of ether oxygens (including phenoxy) is 2. The third kappa shape index (κ3) is 4.64. The monoisotopic (exact) mass is 316 g/mol. The van der Waals surface area contributed by atoms with Crippen molar-refractivity contribution in [3.05, 3.63) is 42.5 Å². The topological polar surface area (TPSA) is 18.5 Å². The van der Waals surface area contributed by atoms with Gasteiger partial charge in [-0.3, -0.25) is 0 Å². The number of thioether (sulfide) groups is 1. The summed E-state index contributed by atoms with van der Waals surface area (Å²) in [6.07, 6.45) is 10.8. The SMILES string of the molecule is C#C[C@@H](Sc1ccccc1)[C@@H]1OC(OC(C)C)C=C[C@@H]1CC. The van der Waals surface area contributed by atoms with Crippen LogP contribution in [0.4, 0.5) is 0 Å². The highest BCUT2D eigenvalue weighted by Gasteiger charge is 2.33. The van der Waals surface area contributed by atoms with E-state index in [0.717, 1.165) is 6.42 Å². The second kappa shape index (κ2) is 8.43. The maximum atomic E-state index is 6.15. The molecule has 4 atom stereocenters. The van der Waals surface area contributed by atoms with Gasteiger partial charge in [0.1, 0.15) is 0 Å². The van der Waals surface area contributed by atoms with Crippen LogP contribution in [-0.2, 0) is 9.47 Å². The molecule has 118 valence electrons. The fraction of sp³-hybridized carbons (Fsp3) is 0.474. The van der Waals surface area contributed by atoms with Crippen LogP contribution in [0.2, 0.25) is 0 Å². The molecule has 0 amide bonds. The smallest absolute Gasteiger partial charge is 0.177 e. The van der Waals surface area contributed by atoms with Gasteiger partial charge in [-0.2, -0.15) is 0 Å². The quantitative estimate of drug-likeness (QED) is 0.437. The van der Waals surface area contributed by atoms with Crippen LogP contribution >= 0.6 is 11.8 Å². The van der Waals surface area contributed by atoms with Crippen molar-refractivity contribution in [1.29, 1.82) is 0 Å². The zero-order chi connectivity index (χ0) is 15.9. The lowest BCUT2D eigenvalue weighted by molar-refractivity contribution is -0.173. The molecule has 22 heavy (non-hydrogen) atoms. The maximum Gasteiger partial charge on any atom is 0.177 e. The fourth-order valence-electron chi connectivity index (χ4n) is 2.50. The van der Waals surface area contributed by atoms with Gasteiger partial charge in [-0.15, -0.1) is 18.2 Å². The molecule has 1 aliphatic rings. The highest BCUT2D eigenvalue weighted by atomic mass is 32.2. The molecule has 0 saturated carbocycles. The average Bonchev–Trinajstić information content (AvgIpc) is 2.53. The first-order valence-corrected chi connectivity index (χ1v) is 8.69. The van der Waals surface area contributed by atoms with Gasteiger partial charge in [0.25, 0.3) is 0 Å². The van der Waals surface area contributed by atoms with Gasteiger partial charge in [0.2, 0.25) is 0 Å². The zero-order valence-electron chi connectivity index (χ0n) is 13.4. The molecule has 0 spiro atoms. The van der Waals surface area contributed by atoms with Gasteiger partial charge in [0.05, 0.1) is 17.5 Å². The van der Waals surface area contributed by atoms with Crippen LogP contribution in [0.5, 0.6) is 0 Å². The lowest BCUT2D eigenvalue weighted by atomic mass is 9.94. The standard InChI is InChI=1S/C19H24O2S/c1-5-15-12-13-18(20-14(3)4)21-19(15)17(6-2)22-16-10-8-7-9-11-16/h2,7-15,17-19H,5H2,1,3-4H3/t15-,17+,18?,19+/m0/s1. The molecule has 0 aliphatic carbocycles. The first-order valence-electron chi connectivity index (χ1n) is 7.81. The van der Waals surface area contributed by atoms with E-state index in [1.165, 1.54) is 4.90 Å². The largest absolute Gasteiger partial charge is 0.346 e. The summed E-state index contributed by atoms with van der Waals surface area (Å²) in [5.74, 6) is 3.23. The molecule has 0 bridgehead atoms. The third-order valence-electron chi connectivity index (χ3n) is 3.58. The summed E-state index contributed by atoms with van der Waals surface area (Å²) in [4.78, 5) is 1.17. The molecule has 0 saturated heterocycles. The van der Waals surface area contributed by atoms with Crippen molar-refractivity contribution in [3.63, 3.8) is 0 Å². The van der Waals surface area contributed by atoms with Gasteiger partial charge in [0, 0.05) is 10.8 Å². The van der Waals surface area contributed by atoms with E-state index in [2.05, 4.69) is 31.1 Å². The Balaban J connectivity index is 2.11. The molecule has 1 unspecified atom stereocenters. The number of rotatable bonds is 6. The summed E-state index contributed by atoms with van der Waals surface area (Å²) in [5, 5.41) is -0.0319. The van der Waals surface area contributed by atoms with Crippen molar-refractivity contribution < 1.29 is 9.47 Å². The van der Waals surface area contributed by atoms with Crippen molar-refractivity contribution >= 4 is 11.8 Å². The van der Waals surface area contributed by atoms with Gasteiger partial charge in [-0.25, -0.2) is 0 Å². The van der Waals surface area contributed by atoms with Crippen LogP contribution in [0, 0.1) is 18.3 Å². The number of hydrogen-bond donors (Lipinski definition) is 0. The zero-order valence-corrected chi connectivity index (χ0v) is 14.3. The lowest BCUT2D eigenvalue weighted by Crippen LogP contribution is -2.40. The van der Waals surface area contributed by atoms with E-state index in [0.29, 0.717) is 5.92 Å². The van der Waals surface area contributed by atoms with E-state index in [9.17, 15) is 0 Å². The molecule has 1 aromatic rings. The third-order valence-corrected chi connectivity index (χ3v) is 4.78. The normalized spacial score (nSPS) is 25.9. The minimum absolute atomic E-state index is 0.0319. The molecular formula is C19H24O2S. The Hall–Kier alpha value is -1.21. The molecule has 1 aliphatic heterocycles. The first kappa shape index (κ1) is 17.1. The van der Waals surface area contributed by atoms with Crippen LogP contribution in [0.1, 0.15) is 27.2 Å². The fourth-order valence-corrected chi connectivity index (χ4v) is 3.57. The molecule has 0 radical (unpaired) electrons. The summed E-state index contributed by atoms with van der Waals surface area (Å²) >= 11 is 1.68. The van der Waals surface area contributed by atoms with Crippen molar-refractivity contribution in [2.75, 3.05) is 0 Å². The van der Waals surface area contributed by atoms with E-state index < -0.39 is 0 Å². The molecule has 2 rings (SSSR count). The molecule has 0 fully saturated rings. The second-order valence-electron chi connectivity index (χ2n) is 5.63. The summed E-state index contributed by atoms with van der Waals surface area (Å²) in [7, 11) is 0. The van der Waals surface area contributed by atoms with E-state index in [1.54, 1.807) is 11.8 Å². The van der Waals surface area contributed by atoms with Crippen molar-refractivity contribution in [1.82, 2.24) is 0 Å². The van der Waals surface area contributed by atoms with Gasteiger partial charge in [0.15, 0.2) is 6.29 Å². The Bertz CT molecular complexity index is 518. The summed E-state index contributed by atoms with van der Waals surface area (Å²) in [5.41, 5.74) is 0. The van der Waals surface area contributed by atoms with Crippen LogP contribution in [0.15, 0.2) is 47.4 Å². The van der Waals surface area contributed by atoms with Crippen LogP contribution in [-0.4, -0.2) is 23.7 Å². The number of hydrogen-bond acceptors (Lipinski definition) is 3. The molecular weight excluding hydrogens is 292 g/mol. The minimum Gasteiger partial charge on any atom is -0.346 e. The Kier molecular flexibility index (Phi) is 6.57. The van der Waals surface area contributed by atoms with Gasteiger partial charge >= 0.3 is 0 Å². The second-order valence-corrected chi connectivity index (χ2v) is 6.84. The van der Waals surface area contributed by atoms with Crippen molar-refractivity contribution in [2.45, 2.75) is 55.8 Å². The van der Waals surface area contributed by atoms with Crippen LogP contribution in [0.3, 0.4) is 0 Å². The predicted octanol–water partition coefficient (Wildman–Crippen LogP) is 4.51. The van der Waals surface area contributed by atoms with E-state index in [-0.39, 0.29) is 23.7 Å². The molecule has 2 nitrogen and oxygen atoms in total. The molecule has 1 aromatic carbocycles. The van der Waals surface area contributed by atoms with E-state index in [1.807, 2.05) is 38.1 Å². The van der Waals surface area contributed by atoms with Gasteiger partial charge < -0.3 is 9.47 Å². The molecule has 0 aromatic heterocycles. The summed E-state index contributed by atoms with van der Waals surface area (Å²) in [6.45, 7) is 6.18.